The molecule has 0 spiro atoms. The fourth-order valence-corrected chi connectivity index (χ4v) is 7.56. The van der Waals surface area contributed by atoms with Gasteiger partial charge in [-0.3, -0.25) is 4.79 Å². The maximum Gasteiger partial charge on any atom is 0.309 e. The van der Waals surface area contributed by atoms with E-state index in [0.717, 1.165) is 89.9 Å². The standard InChI is InChI=1S/C37H66O8/c1-3-4-5-6-7-8-12-15-18-31(39)35-23-24-36(45-35)33(41)21-20-32(40)34-22-19-29(43-34)16-13-10-9-11-14-17-30-26-28(25-27(2)38)37(42)44-30/h28-36,39-41H,3-26H2,1-2H3/t28-,29?,30-,31+,32+,33-,34+,35-,36-/m1/s1. The summed E-state index contributed by atoms with van der Waals surface area (Å²) in [5.41, 5.74) is 0. The average molecular weight is 639 g/mol. The first-order valence-corrected chi connectivity index (χ1v) is 18.8. The number of ketones is 1. The summed E-state index contributed by atoms with van der Waals surface area (Å²) in [7, 11) is 0. The van der Waals surface area contributed by atoms with E-state index >= 15 is 0 Å². The molecule has 3 aliphatic heterocycles. The zero-order valence-electron chi connectivity index (χ0n) is 28.5. The van der Waals surface area contributed by atoms with Crippen LogP contribution in [-0.2, 0) is 23.8 Å². The largest absolute Gasteiger partial charge is 0.462 e. The molecule has 262 valence electrons. The second kappa shape index (κ2) is 21.7. The summed E-state index contributed by atoms with van der Waals surface area (Å²) in [6.07, 6.45) is 21.5. The maximum absolute atomic E-state index is 11.9. The van der Waals surface area contributed by atoms with Crippen LogP contribution in [0.5, 0.6) is 0 Å². The van der Waals surface area contributed by atoms with Gasteiger partial charge in [0.1, 0.15) is 11.9 Å². The van der Waals surface area contributed by atoms with E-state index in [-0.39, 0.29) is 48.2 Å². The van der Waals surface area contributed by atoms with Gasteiger partial charge in [0.15, 0.2) is 0 Å². The topological polar surface area (TPSA) is 123 Å². The molecule has 9 atom stereocenters. The number of hydrogen-bond donors (Lipinski definition) is 3. The minimum atomic E-state index is -0.625. The Kier molecular flexibility index (Phi) is 18.5. The van der Waals surface area contributed by atoms with Crippen molar-refractivity contribution < 1.29 is 39.1 Å². The van der Waals surface area contributed by atoms with Gasteiger partial charge in [-0.05, 0) is 77.6 Å². The molecule has 0 bridgehead atoms. The Morgan fingerprint density at radius 1 is 0.667 bits per heavy atom. The number of aliphatic hydroxyl groups is 3. The molecule has 3 saturated heterocycles. The number of carbonyl (C=O) groups is 2. The molecule has 3 N–H and O–H groups in total. The van der Waals surface area contributed by atoms with Crippen LogP contribution in [0.15, 0.2) is 0 Å². The Bertz CT molecular complexity index is 820. The molecule has 0 aromatic heterocycles. The number of ether oxygens (including phenoxy) is 3. The zero-order chi connectivity index (χ0) is 32.4. The predicted molar refractivity (Wildman–Crippen MR) is 176 cm³/mol. The van der Waals surface area contributed by atoms with Crippen molar-refractivity contribution in [2.24, 2.45) is 5.92 Å². The first kappa shape index (κ1) is 38.4. The van der Waals surface area contributed by atoms with Gasteiger partial charge < -0.3 is 34.3 Å². The average Bonchev–Trinajstić information content (AvgIpc) is 3.77. The summed E-state index contributed by atoms with van der Waals surface area (Å²) in [4.78, 5) is 23.2. The summed E-state index contributed by atoms with van der Waals surface area (Å²) in [6, 6.07) is 0. The molecular weight excluding hydrogens is 572 g/mol. The fraction of sp³-hybridized carbons (Fsp3) is 0.946. The SMILES string of the molecule is CCCCCCCCCC[C@H](O)[C@H]1CC[C@H]([C@H](O)CC[C@H](O)[C@@H]2CCC(CCCCCCC[C@@H]3C[C@@H](CC(C)=O)C(=O)O3)O2)O1. The van der Waals surface area contributed by atoms with Crippen molar-refractivity contribution in [3.63, 3.8) is 0 Å². The summed E-state index contributed by atoms with van der Waals surface area (Å²) in [5.74, 6) is -0.398. The number of unbranched alkanes of at least 4 members (excludes halogenated alkanes) is 11. The Balaban J connectivity index is 1.16. The molecule has 0 aromatic rings. The maximum atomic E-state index is 11.9. The van der Waals surface area contributed by atoms with Crippen LogP contribution in [0.4, 0.5) is 0 Å². The molecule has 3 rings (SSSR count). The van der Waals surface area contributed by atoms with Crippen molar-refractivity contribution in [1.82, 2.24) is 0 Å². The van der Waals surface area contributed by atoms with Gasteiger partial charge >= 0.3 is 5.97 Å². The summed E-state index contributed by atoms with van der Waals surface area (Å²) in [5, 5.41) is 32.1. The van der Waals surface area contributed by atoms with Crippen molar-refractivity contribution in [3.05, 3.63) is 0 Å². The van der Waals surface area contributed by atoms with Gasteiger partial charge in [-0.1, -0.05) is 84.0 Å². The first-order valence-electron chi connectivity index (χ1n) is 18.8. The van der Waals surface area contributed by atoms with E-state index < -0.39 is 18.3 Å². The van der Waals surface area contributed by atoms with Gasteiger partial charge in [0.2, 0.25) is 0 Å². The lowest BCUT2D eigenvalue weighted by Gasteiger charge is -2.24. The molecule has 0 amide bonds. The van der Waals surface area contributed by atoms with Gasteiger partial charge in [0, 0.05) is 6.42 Å². The van der Waals surface area contributed by atoms with E-state index in [0.29, 0.717) is 25.7 Å². The number of rotatable bonds is 25. The highest BCUT2D eigenvalue weighted by Crippen LogP contribution is 2.31. The lowest BCUT2D eigenvalue weighted by molar-refractivity contribution is -0.145. The van der Waals surface area contributed by atoms with Gasteiger partial charge in [0.05, 0.1) is 48.6 Å². The number of esters is 1. The number of cyclic esters (lactones) is 1. The molecule has 8 heteroatoms. The molecule has 45 heavy (non-hydrogen) atoms. The summed E-state index contributed by atoms with van der Waals surface area (Å²) >= 11 is 0. The van der Waals surface area contributed by atoms with Gasteiger partial charge in [-0.15, -0.1) is 0 Å². The van der Waals surface area contributed by atoms with E-state index in [9.17, 15) is 24.9 Å². The van der Waals surface area contributed by atoms with Crippen molar-refractivity contribution >= 4 is 11.8 Å². The van der Waals surface area contributed by atoms with E-state index in [1.54, 1.807) is 0 Å². The highest BCUT2D eigenvalue weighted by atomic mass is 16.6. The third-order valence-corrected chi connectivity index (χ3v) is 10.4. The summed E-state index contributed by atoms with van der Waals surface area (Å²) in [6.45, 7) is 3.77. The number of hydrogen-bond acceptors (Lipinski definition) is 8. The quantitative estimate of drug-likeness (QED) is 0.0714. The van der Waals surface area contributed by atoms with Crippen LogP contribution < -0.4 is 0 Å². The van der Waals surface area contributed by atoms with Crippen molar-refractivity contribution in [2.75, 3.05) is 0 Å². The highest BCUT2D eigenvalue weighted by Gasteiger charge is 2.36. The fourth-order valence-electron chi connectivity index (χ4n) is 7.56. The van der Waals surface area contributed by atoms with Crippen LogP contribution >= 0.6 is 0 Å². The minimum absolute atomic E-state index is 0.0249. The van der Waals surface area contributed by atoms with Crippen LogP contribution in [-0.4, -0.2) is 75.9 Å². The Hall–Kier alpha value is -1.06. The molecular formula is C37H66O8. The molecule has 3 fully saturated rings. The Morgan fingerprint density at radius 3 is 1.76 bits per heavy atom. The predicted octanol–water partition coefficient (Wildman–Crippen LogP) is 7.12. The minimum Gasteiger partial charge on any atom is -0.462 e. The van der Waals surface area contributed by atoms with E-state index in [2.05, 4.69) is 6.92 Å². The van der Waals surface area contributed by atoms with E-state index in [1.807, 2.05) is 0 Å². The Morgan fingerprint density at radius 2 is 1.16 bits per heavy atom. The number of aliphatic hydroxyl groups excluding tert-OH is 3. The van der Waals surface area contributed by atoms with Crippen LogP contribution in [0.3, 0.4) is 0 Å². The van der Waals surface area contributed by atoms with E-state index in [1.165, 1.54) is 45.4 Å². The molecule has 0 radical (unpaired) electrons. The molecule has 0 aliphatic carbocycles. The molecule has 0 saturated carbocycles. The first-order chi connectivity index (χ1) is 21.8. The molecule has 1 unspecified atom stereocenters. The van der Waals surface area contributed by atoms with Gasteiger partial charge in [0.25, 0.3) is 0 Å². The molecule has 8 nitrogen and oxygen atoms in total. The molecule has 0 aromatic carbocycles. The van der Waals surface area contributed by atoms with Crippen LogP contribution in [0.25, 0.3) is 0 Å². The van der Waals surface area contributed by atoms with Crippen molar-refractivity contribution in [2.45, 2.75) is 217 Å². The highest BCUT2D eigenvalue weighted by molar-refractivity contribution is 5.83. The lowest BCUT2D eigenvalue weighted by atomic mass is 9.96. The zero-order valence-corrected chi connectivity index (χ0v) is 28.5. The third-order valence-electron chi connectivity index (χ3n) is 10.4. The van der Waals surface area contributed by atoms with Crippen molar-refractivity contribution in [3.8, 4) is 0 Å². The van der Waals surface area contributed by atoms with Crippen LogP contribution in [0, 0.1) is 5.92 Å². The molecule has 3 aliphatic rings. The van der Waals surface area contributed by atoms with Crippen LogP contribution in [0.2, 0.25) is 0 Å². The smallest absolute Gasteiger partial charge is 0.309 e. The van der Waals surface area contributed by atoms with Gasteiger partial charge in [-0.25, -0.2) is 0 Å². The van der Waals surface area contributed by atoms with Crippen LogP contribution in [0.1, 0.15) is 168 Å². The Labute approximate surface area is 273 Å². The van der Waals surface area contributed by atoms with Gasteiger partial charge in [-0.2, -0.15) is 0 Å². The number of carbonyl (C=O) groups excluding carboxylic acids is 2. The monoisotopic (exact) mass is 638 g/mol. The third kappa shape index (κ3) is 14.7. The second-order valence-electron chi connectivity index (χ2n) is 14.4. The van der Waals surface area contributed by atoms with Crippen molar-refractivity contribution in [1.29, 1.82) is 0 Å². The lowest BCUT2D eigenvalue weighted by Crippen LogP contribution is -2.33. The molecule has 3 heterocycles. The second-order valence-corrected chi connectivity index (χ2v) is 14.4. The summed E-state index contributed by atoms with van der Waals surface area (Å²) < 4.78 is 17.7. The number of Topliss-reactive ketones (excluding diaryl/α,β-unsaturated/α-hetero) is 1. The normalized spacial score (nSPS) is 28.8. The van der Waals surface area contributed by atoms with E-state index in [4.69, 9.17) is 14.2 Å².